The number of aliphatic carboxylic acids is 1. The molecule has 3 amide bonds. The van der Waals surface area contributed by atoms with Crippen LogP contribution in [0.5, 0.6) is 0 Å². The highest BCUT2D eigenvalue weighted by Gasteiger charge is 2.19. The van der Waals surface area contributed by atoms with Crippen molar-refractivity contribution in [3.8, 4) is 0 Å². The van der Waals surface area contributed by atoms with Gasteiger partial charge in [0.25, 0.3) is 0 Å². The van der Waals surface area contributed by atoms with E-state index in [1.165, 1.54) is 16.7 Å². The summed E-state index contributed by atoms with van der Waals surface area (Å²) in [6, 6.07) is -1.59. The van der Waals surface area contributed by atoms with Crippen molar-refractivity contribution in [1.29, 1.82) is 0 Å². The summed E-state index contributed by atoms with van der Waals surface area (Å²) in [6.07, 6.45) is 2.19. The van der Waals surface area contributed by atoms with Crippen LogP contribution in [0, 0.1) is 0 Å². The number of nitrogens with one attached hydrogen (secondary N) is 2. The SMILES string of the molecule is CSCC[C@@H](NC(=O)NCC(=O)N(C)C)C(=O)O. The topological polar surface area (TPSA) is 98.7 Å². The molecule has 0 aromatic heterocycles. The summed E-state index contributed by atoms with van der Waals surface area (Å²) in [4.78, 5) is 34.8. The third kappa shape index (κ3) is 7.00. The molecule has 0 aromatic rings. The molecule has 0 aliphatic heterocycles. The Kier molecular flexibility index (Phi) is 7.93. The van der Waals surface area contributed by atoms with Gasteiger partial charge in [0.1, 0.15) is 6.04 Å². The third-order valence-electron chi connectivity index (χ3n) is 2.11. The number of carbonyl (C=O) groups is 3. The zero-order chi connectivity index (χ0) is 14.1. The Balaban J connectivity index is 4.10. The zero-order valence-electron chi connectivity index (χ0n) is 10.7. The number of carboxylic acid groups (broad SMARTS) is 1. The molecule has 0 saturated heterocycles. The van der Waals surface area contributed by atoms with E-state index in [1.807, 2.05) is 6.26 Å². The lowest BCUT2D eigenvalue weighted by molar-refractivity contribution is -0.139. The van der Waals surface area contributed by atoms with Gasteiger partial charge >= 0.3 is 12.0 Å². The maximum atomic E-state index is 11.4. The summed E-state index contributed by atoms with van der Waals surface area (Å²) in [7, 11) is 3.14. The van der Waals surface area contributed by atoms with Gasteiger partial charge in [-0.05, 0) is 18.4 Å². The molecule has 0 aliphatic carbocycles. The van der Waals surface area contributed by atoms with Crippen LogP contribution < -0.4 is 10.6 Å². The molecule has 18 heavy (non-hydrogen) atoms. The molecule has 0 saturated carbocycles. The fraction of sp³-hybridized carbons (Fsp3) is 0.700. The van der Waals surface area contributed by atoms with Gasteiger partial charge in [-0.3, -0.25) is 4.79 Å². The largest absolute Gasteiger partial charge is 0.480 e. The standard InChI is InChI=1S/C10H19N3O4S/c1-13(2)8(14)6-11-10(17)12-7(9(15)16)4-5-18-3/h7H,4-6H2,1-3H3,(H,15,16)(H2,11,12,17)/t7-/m1/s1. The molecule has 8 heteroatoms. The Morgan fingerprint density at radius 3 is 2.39 bits per heavy atom. The molecule has 0 bridgehead atoms. The number of rotatable bonds is 7. The van der Waals surface area contributed by atoms with Crippen molar-refractivity contribution in [1.82, 2.24) is 15.5 Å². The van der Waals surface area contributed by atoms with Crippen LogP contribution in [0.4, 0.5) is 4.79 Å². The number of hydrogen-bond acceptors (Lipinski definition) is 4. The molecule has 0 unspecified atom stereocenters. The van der Waals surface area contributed by atoms with Crippen molar-refractivity contribution in [3.05, 3.63) is 0 Å². The molecular formula is C10H19N3O4S. The second-order valence-electron chi connectivity index (χ2n) is 3.79. The van der Waals surface area contributed by atoms with E-state index in [9.17, 15) is 14.4 Å². The average Bonchev–Trinajstić information content (AvgIpc) is 2.30. The second-order valence-corrected chi connectivity index (χ2v) is 4.77. The zero-order valence-corrected chi connectivity index (χ0v) is 11.5. The maximum Gasteiger partial charge on any atom is 0.326 e. The monoisotopic (exact) mass is 277 g/mol. The summed E-state index contributed by atoms with van der Waals surface area (Å²) in [5.41, 5.74) is 0. The van der Waals surface area contributed by atoms with Crippen molar-refractivity contribution in [3.63, 3.8) is 0 Å². The molecule has 0 radical (unpaired) electrons. The van der Waals surface area contributed by atoms with Crippen molar-refractivity contribution in [2.24, 2.45) is 0 Å². The number of carboxylic acids is 1. The molecule has 0 heterocycles. The molecule has 0 spiro atoms. The summed E-state index contributed by atoms with van der Waals surface area (Å²) in [5.74, 6) is -0.715. The predicted octanol–water partition coefficient (Wildman–Crippen LogP) is -0.420. The fourth-order valence-electron chi connectivity index (χ4n) is 1.02. The molecular weight excluding hydrogens is 258 g/mol. The quantitative estimate of drug-likeness (QED) is 0.587. The summed E-state index contributed by atoms with van der Waals surface area (Å²) in [5, 5.41) is 13.5. The van der Waals surface area contributed by atoms with Crippen LogP contribution >= 0.6 is 11.8 Å². The molecule has 0 fully saturated rings. The van der Waals surface area contributed by atoms with Crippen LogP contribution in [0.1, 0.15) is 6.42 Å². The highest BCUT2D eigenvalue weighted by atomic mass is 32.2. The minimum Gasteiger partial charge on any atom is -0.480 e. The van der Waals surface area contributed by atoms with Crippen molar-refractivity contribution >= 4 is 29.7 Å². The van der Waals surface area contributed by atoms with Crippen LogP contribution in [0.15, 0.2) is 0 Å². The molecule has 0 rings (SSSR count). The van der Waals surface area contributed by atoms with Crippen LogP contribution in [-0.2, 0) is 9.59 Å². The van der Waals surface area contributed by atoms with E-state index in [-0.39, 0.29) is 12.5 Å². The maximum absolute atomic E-state index is 11.4. The number of likely N-dealkylation sites (N-methyl/N-ethyl adjacent to an activating group) is 1. The Morgan fingerprint density at radius 2 is 1.94 bits per heavy atom. The first-order valence-corrected chi connectivity index (χ1v) is 6.74. The van der Waals surface area contributed by atoms with Crippen LogP contribution in [-0.4, -0.2) is 66.6 Å². The highest BCUT2D eigenvalue weighted by molar-refractivity contribution is 7.98. The summed E-state index contributed by atoms with van der Waals surface area (Å²) >= 11 is 1.50. The number of thioether (sulfide) groups is 1. The van der Waals surface area contributed by atoms with E-state index >= 15 is 0 Å². The molecule has 3 N–H and O–H groups in total. The first-order valence-electron chi connectivity index (χ1n) is 5.34. The lowest BCUT2D eigenvalue weighted by atomic mass is 10.2. The van der Waals surface area contributed by atoms with Gasteiger partial charge in [-0.2, -0.15) is 11.8 Å². The first-order chi connectivity index (χ1) is 8.38. The Labute approximate surface area is 110 Å². The van der Waals surface area contributed by atoms with Crippen molar-refractivity contribution in [2.45, 2.75) is 12.5 Å². The van der Waals surface area contributed by atoms with E-state index in [2.05, 4.69) is 10.6 Å². The minimum atomic E-state index is -1.09. The summed E-state index contributed by atoms with van der Waals surface area (Å²) in [6.45, 7) is -0.159. The fourth-order valence-corrected chi connectivity index (χ4v) is 1.49. The Hall–Kier alpha value is -1.44. The van der Waals surface area contributed by atoms with Gasteiger partial charge in [-0.25, -0.2) is 9.59 Å². The first kappa shape index (κ1) is 16.6. The Morgan fingerprint density at radius 1 is 1.33 bits per heavy atom. The molecule has 7 nitrogen and oxygen atoms in total. The highest BCUT2D eigenvalue weighted by Crippen LogP contribution is 2.00. The number of nitrogens with zero attached hydrogens (tertiary/aromatic N) is 1. The number of carbonyl (C=O) groups excluding carboxylic acids is 2. The molecule has 0 aliphatic rings. The van der Waals surface area contributed by atoms with E-state index in [0.717, 1.165) is 0 Å². The molecule has 104 valence electrons. The van der Waals surface area contributed by atoms with E-state index in [4.69, 9.17) is 5.11 Å². The molecule has 1 atom stereocenters. The third-order valence-corrected chi connectivity index (χ3v) is 2.76. The van der Waals surface area contributed by atoms with Crippen molar-refractivity contribution in [2.75, 3.05) is 32.6 Å². The van der Waals surface area contributed by atoms with Gasteiger partial charge < -0.3 is 20.6 Å². The second kappa shape index (κ2) is 8.62. The van der Waals surface area contributed by atoms with Gasteiger partial charge in [0, 0.05) is 14.1 Å². The average molecular weight is 277 g/mol. The minimum absolute atomic E-state index is 0.159. The normalized spacial score (nSPS) is 11.5. The van der Waals surface area contributed by atoms with Crippen LogP contribution in [0.3, 0.4) is 0 Å². The molecule has 0 aromatic carbocycles. The van der Waals surface area contributed by atoms with Crippen LogP contribution in [0.2, 0.25) is 0 Å². The van der Waals surface area contributed by atoms with E-state index in [1.54, 1.807) is 14.1 Å². The Bertz CT molecular complexity index is 309. The lowest BCUT2D eigenvalue weighted by Gasteiger charge is -2.15. The number of amides is 3. The smallest absolute Gasteiger partial charge is 0.326 e. The number of urea groups is 1. The predicted molar refractivity (Wildman–Crippen MR) is 69.7 cm³/mol. The van der Waals surface area contributed by atoms with Crippen molar-refractivity contribution < 1.29 is 19.5 Å². The summed E-state index contributed by atoms with van der Waals surface area (Å²) < 4.78 is 0. The van der Waals surface area contributed by atoms with E-state index in [0.29, 0.717) is 12.2 Å². The van der Waals surface area contributed by atoms with Crippen LogP contribution in [0.25, 0.3) is 0 Å². The van der Waals surface area contributed by atoms with Gasteiger partial charge in [-0.1, -0.05) is 0 Å². The van der Waals surface area contributed by atoms with Gasteiger partial charge in [-0.15, -0.1) is 0 Å². The van der Waals surface area contributed by atoms with Gasteiger partial charge in [0.2, 0.25) is 5.91 Å². The lowest BCUT2D eigenvalue weighted by Crippen LogP contribution is -2.48. The van der Waals surface area contributed by atoms with Gasteiger partial charge in [0.15, 0.2) is 0 Å². The van der Waals surface area contributed by atoms with Gasteiger partial charge in [0.05, 0.1) is 6.54 Å². The van der Waals surface area contributed by atoms with E-state index < -0.39 is 18.0 Å². The number of hydrogen-bond donors (Lipinski definition) is 3.